The standard InChI is InChI=1S/C22H24N4O3/c1-4-24(5-2)20(27)19-21(28)25(15-17-12-10-9-11-16(17)3)22(29)26(23-19)18-13-7-6-8-14-18/h6-14H,4-5,15H2,1-3H3. The fourth-order valence-corrected chi connectivity index (χ4v) is 3.14. The second-order valence-corrected chi connectivity index (χ2v) is 6.67. The van der Waals surface area contributed by atoms with E-state index in [1.807, 2.05) is 51.1 Å². The maximum atomic E-state index is 13.1. The van der Waals surface area contributed by atoms with Crippen LogP contribution in [0.2, 0.25) is 0 Å². The molecule has 0 aliphatic heterocycles. The maximum Gasteiger partial charge on any atom is 0.352 e. The van der Waals surface area contributed by atoms with Crippen LogP contribution in [-0.4, -0.2) is 38.2 Å². The van der Waals surface area contributed by atoms with Crippen LogP contribution in [0.1, 0.15) is 35.5 Å². The summed E-state index contributed by atoms with van der Waals surface area (Å²) in [7, 11) is 0. The van der Waals surface area contributed by atoms with Gasteiger partial charge in [-0.15, -0.1) is 0 Å². The molecule has 2 aromatic carbocycles. The molecule has 1 amide bonds. The highest BCUT2D eigenvalue weighted by Gasteiger charge is 2.23. The largest absolute Gasteiger partial charge is 0.352 e. The molecule has 0 atom stereocenters. The molecule has 0 aliphatic carbocycles. The van der Waals surface area contributed by atoms with Crippen LogP contribution >= 0.6 is 0 Å². The fourth-order valence-electron chi connectivity index (χ4n) is 3.14. The minimum Gasteiger partial charge on any atom is -0.338 e. The van der Waals surface area contributed by atoms with Crippen LogP contribution in [0.25, 0.3) is 5.69 Å². The number of aromatic nitrogens is 3. The first-order valence-electron chi connectivity index (χ1n) is 9.61. The Bertz CT molecular complexity index is 1130. The molecule has 1 heterocycles. The Morgan fingerprint density at radius 2 is 1.59 bits per heavy atom. The van der Waals surface area contributed by atoms with Crippen LogP contribution < -0.4 is 11.2 Å². The van der Waals surface area contributed by atoms with Crippen molar-refractivity contribution in [3.63, 3.8) is 0 Å². The van der Waals surface area contributed by atoms with Crippen LogP contribution in [0.4, 0.5) is 0 Å². The lowest BCUT2D eigenvalue weighted by Gasteiger charge is -2.19. The Hall–Kier alpha value is -3.48. The summed E-state index contributed by atoms with van der Waals surface area (Å²) in [6.07, 6.45) is 0. The number of para-hydroxylation sites is 1. The topological polar surface area (TPSA) is 77.2 Å². The van der Waals surface area contributed by atoms with Gasteiger partial charge in [0.2, 0.25) is 5.69 Å². The highest BCUT2D eigenvalue weighted by Crippen LogP contribution is 2.08. The van der Waals surface area contributed by atoms with Crippen LogP contribution in [0.5, 0.6) is 0 Å². The molecular weight excluding hydrogens is 368 g/mol. The van der Waals surface area contributed by atoms with Gasteiger partial charge in [-0.05, 0) is 44.0 Å². The van der Waals surface area contributed by atoms with E-state index in [1.165, 1.54) is 4.90 Å². The summed E-state index contributed by atoms with van der Waals surface area (Å²) in [5, 5.41) is 4.16. The summed E-state index contributed by atoms with van der Waals surface area (Å²) >= 11 is 0. The summed E-state index contributed by atoms with van der Waals surface area (Å²) in [6.45, 7) is 6.54. The van der Waals surface area contributed by atoms with Crippen molar-refractivity contribution in [1.29, 1.82) is 0 Å². The SMILES string of the molecule is CCN(CC)C(=O)c1nn(-c2ccccc2)c(=O)n(Cc2ccccc2C)c1=O. The Balaban J connectivity index is 2.25. The van der Waals surface area contributed by atoms with Gasteiger partial charge in [0.05, 0.1) is 12.2 Å². The van der Waals surface area contributed by atoms with Gasteiger partial charge >= 0.3 is 5.69 Å². The van der Waals surface area contributed by atoms with Gasteiger partial charge in [-0.3, -0.25) is 14.2 Å². The molecule has 29 heavy (non-hydrogen) atoms. The highest BCUT2D eigenvalue weighted by molar-refractivity contribution is 5.91. The Labute approximate surface area is 168 Å². The van der Waals surface area contributed by atoms with E-state index < -0.39 is 17.2 Å². The molecule has 0 saturated heterocycles. The van der Waals surface area contributed by atoms with Crippen molar-refractivity contribution in [2.24, 2.45) is 0 Å². The molecule has 0 N–H and O–H groups in total. The predicted molar refractivity (Wildman–Crippen MR) is 112 cm³/mol. The lowest BCUT2D eigenvalue weighted by molar-refractivity contribution is 0.0761. The van der Waals surface area contributed by atoms with Crippen molar-refractivity contribution in [1.82, 2.24) is 19.2 Å². The van der Waals surface area contributed by atoms with E-state index in [0.29, 0.717) is 18.8 Å². The maximum absolute atomic E-state index is 13.1. The molecule has 7 heteroatoms. The normalized spacial score (nSPS) is 10.7. The van der Waals surface area contributed by atoms with Crippen molar-refractivity contribution in [2.45, 2.75) is 27.3 Å². The van der Waals surface area contributed by atoms with E-state index in [9.17, 15) is 14.4 Å². The number of carbonyl (C=O) groups is 1. The first-order valence-corrected chi connectivity index (χ1v) is 9.61. The van der Waals surface area contributed by atoms with Gasteiger partial charge in [-0.2, -0.15) is 9.78 Å². The number of hydrogen-bond acceptors (Lipinski definition) is 4. The van der Waals surface area contributed by atoms with Crippen LogP contribution in [0.3, 0.4) is 0 Å². The average molecular weight is 392 g/mol. The van der Waals surface area contributed by atoms with Gasteiger partial charge in [-0.25, -0.2) is 4.79 Å². The highest BCUT2D eigenvalue weighted by atomic mass is 16.2. The molecule has 0 saturated carbocycles. The van der Waals surface area contributed by atoms with Gasteiger partial charge < -0.3 is 4.90 Å². The second kappa shape index (κ2) is 8.68. The zero-order valence-electron chi connectivity index (χ0n) is 16.8. The number of amides is 1. The zero-order valence-corrected chi connectivity index (χ0v) is 16.8. The van der Waals surface area contributed by atoms with Gasteiger partial charge in [0.25, 0.3) is 11.5 Å². The molecule has 0 radical (unpaired) electrons. The molecule has 3 rings (SSSR count). The minimum absolute atomic E-state index is 0.0677. The molecular formula is C22H24N4O3. The molecule has 0 bridgehead atoms. The van der Waals surface area contributed by atoms with E-state index in [0.717, 1.165) is 20.4 Å². The van der Waals surface area contributed by atoms with Crippen molar-refractivity contribution in [3.05, 3.63) is 92.3 Å². The van der Waals surface area contributed by atoms with Gasteiger partial charge in [0.1, 0.15) is 0 Å². The van der Waals surface area contributed by atoms with E-state index in [-0.39, 0.29) is 12.2 Å². The summed E-state index contributed by atoms with van der Waals surface area (Å²) in [5.74, 6) is -0.483. The molecule has 0 unspecified atom stereocenters. The van der Waals surface area contributed by atoms with Crippen molar-refractivity contribution in [3.8, 4) is 5.69 Å². The third-order valence-corrected chi connectivity index (χ3v) is 4.90. The number of rotatable bonds is 6. The number of nitrogens with zero attached hydrogens (tertiary/aromatic N) is 4. The van der Waals surface area contributed by atoms with E-state index in [2.05, 4.69) is 5.10 Å². The van der Waals surface area contributed by atoms with E-state index >= 15 is 0 Å². The number of hydrogen-bond donors (Lipinski definition) is 0. The molecule has 1 aromatic heterocycles. The second-order valence-electron chi connectivity index (χ2n) is 6.67. The lowest BCUT2D eigenvalue weighted by Crippen LogP contribution is -2.46. The number of aryl methyl sites for hydroxylation is 1. The molecule has 3 aromatic rings. The van der Waals surface area contributed by atoms with Crippen LogP contribution in [-0.2, 0) is 6.54 Å². The number of benzene rings is 2. The average Bonchev–Trinajstić information content (AvgIpc) is 2.74. The fraction of sp³-hybridized carbons (Fsp3) is 0.273. The quantitative estimate of drug-likeness (QED) is 0.645. The van der Waals surface area contributed by atoms with Crippen molar-refractivity contribution < 1.29 is 4.79 Å². The molecule has 0 fully saturated rings. The van der Waals surface area contributed by atoms with Crippen LogP contribution in [0, 0.1) is 6.92 Å². The van der Waals surface area contributed by atoms with Gasteiger partial charge in [0.15, 0.2) is 0 Å². The molecule has 150 valence electrons. The Morgan fingerprint density at radius 3 is 2.21 bits per heavy atom. The first kappa shape index (κ1) is 20.3. The smallest absolute Gasteiger partial charge is 0.338 e. The van der Waals surface area contributed by atoms with E-state index in [4.69, 9.17) is 0 Å². The third-order valence-electron chi connectivity index (χ3n) is 4.90. The van der Waals surface area contributed by atoms with Gasteiger partial charge in [-0.1, -0.05) is 42.5 Å². The zero-order chi connectivity index (χ0) is 21.0. The first-order chi connectivity index (χ1) is 14.0. The van der Waals surface area contributed by atoms with Crippen molar-refractivity contribution >= 4 is 5.91 Å². The minimum atomic E-state index is -0.678. The lowest BCUT2D eigenvalue weighted by atomic mass is 10.1. The predicted octanol–water partition coefficient (Wildman–Crippen LogP) is 2.23. The Kier molecular flexibility index (Phi) is 6.07. The molecule has 0 spiro atoms. The van der Waals surface area contributed by atoms with Crippen LogP contribution in [0.15, 0.2) is 64.2 Å². The summed E-state index contributed by atoms with van der Waals surface area (Å²) < 4.78 is 2.20. The summed E-state index contributed by atoms with van der Waals surface area (Å²) in [5.41, 5.74) is 0.760. The number of carbonyl (C=O) groups excluding carboxylic acids is 1. The summed E-state index contributed by atoms with van der Waals surface area (Å²) in [4.78, 5) is 40.7. The third kappa shape index (κ3) is 4.03. The van der Waals surface area contributed by atoms with Gasteiger partial charge in [0, 0.05) is 13.1 Å². The van der Waals surface area contributed by atoms with E-state index in [1.54, 1.807) is 24.3 Å². The molecule has 0 aliphatic rings. The van der Waals surface area contributed by atoms with Crippen molar-refractivity contribution in [2.75, 3.05) is 13.1 Å². The molecule has 7 nitrogen and oxygen atoms in total. The monoisotopic (exact) mass is 392 g/mol. The summed E-state index contributed by atoms with van der Waals surface area (Å²) in [6, 6.07) is 16.3. The Morgan fingerprint density at radius 1 is 0.966 bits per heavy atom.